The van der Waals surface area contributed by atoms with Crippen LogP contribution in [0.25, 0.3) is 10.1 Å². The molecule has 2 N–H and O–H groups in total. The molecule has 2 aromatic heterocycles. The Hall–Kier alpha value is -2.51. The number of phenols is 1. The van der Waals surface area contributed by atoms with Gasteiger partial charge in [0.05, 0.1) is 17.1 Å². The van der Waals surface area contributed by atoms with E-state index in [0.29, 0.717) is 11.4 Å². The van der Waals surface area contributed by atoms with Crippen molar-refractivity contribution in [3.05, 3.63) is 52.4 Å². The fourth-order valence-electron chi connectivity index (χ4n) is 2.52. The molecule has 2 heterocycles. The molecule has 0 amide bonds. The molecule has 0 aliphatic rings. The molecule has 130 valence electrons. The normalized spacial score (nSPS) is 12.3. The number of nitrogens with zero attached hydrogens (tertiary/aromatic N) is 2. The molecule has 1 aromatic carbocycles. The van der Waals surface area contributed by atoms with E-state index in [-0.39, 0.29) is 18.8 Å². The number of aromatic hydroxyl groups is 1. The minimum Gasteiger partial charge on any atom is -0.508 e. The Bertz CT molecular complexity index is 923. The summed E-state index contributed by atoms with van der Waals surface area (Å²) in [4.78, 5) is 20.5. The Balaban J connectivity index is 1.63. The number of esters is 1. The lowest BCUT2D eigenvalue weighted by molar-refractivity contribution is -0.154. The van der Waals surface area contributed by atoms with Gasteiger partial charge in [0.15, 0.2) is 6.10 Å². The van der Waals surface area contributed by atoms with Crippen LogP contribution in [0.2, 0.25) is 0 Å². The summed E-state index contributed by atoms with van der Waals surface area (Å²) in [6.07, 6.45) is 0.383. The zero-order chi connectivity index (χ0) is 18.0. The van der Waals surface area contributed by atoms with Gasteiger partial charge in [-0.1, -0.05) is 0 Å². The first-order chi connectivity index (χ1) is 11.9. The molecule has 3 rings (SSSR count). The van der Waals surface area contributed by atoms with Crippen LogP contribution in [-0.4, -0.2) is 32.3 Å². The van der Waals surface area contributed by atoms with Crippen molar-refractivity contribution in [1.82, 2.24) is 9.97 Å². The third-order valence-corrected chi connectivity index (χ3v) is 4.83. The molecule has 0 aliphatic carbocycles. The Morgan fingerprint density at radius 1 is 1.36 bits per heavy atom. The smallest absolute Gasteiger partial charge is 0.335 e. The minimum atomic E-state index is -1.29. The highest BCUT2D eigenvalue weighted by atomic mass is 32.1. The van der Waals surface area contributed by atoms with Crippen LogP contribution in [-0.2, 0) is 22.6 Å². The largest absolute Gasteiger partial charge is 0.508 e. The minimum absolute atomic E-state index is 0.0657. The van der Waals surface area contributed by atoms with E-state index < -0.39 is 12.1 Å². The number of thiophene rings is 1. The number of carbonyl (C=O) groups excluding carboxylic acids is 1. The average molecular weight is 358 g/mol. The van der Waals surface area contributed by atoms with Crippen LogP contribution < -0.4 is 0 Å². The van der Waals surface area contributed by atoms with E-state index in [4.69, 9.17) is 4.74 Å². The number of hydrogen-bond acceptors (Lipinski definition) is 7. The lowest BCUT2D eigenvalue weighted by Gasteiger charge is -2.11. The van der Waals surface area contributed by atoms with Gasteiger partial charge in [-0.25, -0.2) is 4.79 Å². The van der Waals surface area contributed by atoms with Gasteiger partial charge in [-0.15, -0.1) is 11.3 Å². The molecular weight excluding hydrogens is 340 g/mol. The quantitative estimate of drug-likeness (QED) is 0.681. The van der Waals surface area contributed by atoms with Gasteiger partial charge in [-0.05, 0) is 42.8 Å². The van der Waals surface area contributed by atoms with Crippen LogP contribution in [0, 0.1) is 13.8 Å². The number of benzene rings is 1. The fourth-order valence-corrected chi connectivity index (χ4v) is 3.50. The number of ether oxygens (including phenoxy) is 1. The Labute approximate surface area is 148 Å². The number of aryl methyl sites for hydroxylation is 2. The second-order valence-electron chi connectivity index (χ2n) is 5.81. The van der Waals surface area contributed by atoms with Crippen molar-refractivity contribution in [2.45, 2.75) is 33.0 Å². The first kappa shape index (κ1) is 17.3. The van der Waals surface area contributed by atoms with Crippen molar-refractivity contribution < 1.29 is 19.7 Å². The first-order valence-electron chi connectivity index (χ1n) is 7.77. The number of aliphatic hydroxyl groups excluding tert-OH is 1. The molecule has 3 aromatic rings. The van der Waals surface area contributed by atoms with Gasteiger partial charge >= 0.3 is 5.97 Å². The van der Waals surface area contributed by atoms with Gasteiger partial charge in [-0.3, -0.25) is 9.97 Å². The average Bonchev–Trinajstić information content (AvgIpc) is 2.97. The van der Waals surface area contributed by atoms with E-state index in [9.17, 15) is 15.0 Å². The summed E-state index contributed by atoms with van der Waals surface area (Å²) in [6.45, 7) is 3.69. The Morgan fingerprint density at radius 2 is 2.16 bits per heavy atom. The second-order valence-corrected chi connectivity index (χ2v) is 6.72. The molecule has 0 spiro atoms. The van der Waals surface area contributed by atoms with E-state index in [0.717, 1.165) is 21.3 Å². The SMILES string of the molecule is Cc1cnc(CC(O)C(=O)OCc2csc3cc(O)ccc23)c(C)n1. The number of rotatable bonds is 5. The predicted octanol–water partition coefficient (Wildman–Crippen LogP) is 2.66. The van der Waals surface area contributed by atoms with Crippen LogP contribution in [0.3, 0.4) is 0 Å². The third-order valence-electron chi connectivity index (χ3n) is 3.84. The number of aromatic nitrogens is 2. The lowest BCUT2D eigenvalue weighted by atomic mass is 10.1. The molecule has 7 heteroatoms. The maximum atomic E-state index is 12.1. The standard InChI is InChI=1S/C18H18N2O4S/c1-10-7-19-15(11(2)20-10)6-16(22)18(23)24-8-12-9-25-17-5-13(21)3-4-14(12)17/h3-5,7,9,16,21-22H,6,8H2,1-2H3. The van der Waals surface area contributed by atoms with E-state index >= 15 is 0 Å². The molecule has 0 radical (unpaired) electrons. The molecule has 0 fully saturated rings. The summed E-state index contributed by atoms with van der Waals surface area (Å²) in [5.74, 6) is -0.497. The van der Waals surface area contributed by atoms with E-state index in [1.807, 2.05) is 12.3 Å². The fraction of sp³-hybridized carbons (Fsp3) is 0.278. The van der Waals surface area contributed by atoms with Crippen LogP contribution in [0.4, 0.5) is 0 Å². The summed E-state index contributed by atoms with van der Waals surface area (Å²) in [5, 5.41) is 22.4. The molecule has 0 saturated carbocycles. The Morgan fingerprint density at radius 3 is 2.92 bits per heavy atom. The second kappa shape index (κ2) is 7.16. The summed E-state index contributed by atoms with van der Waals surface area (Å²) in [7, 11) is 0. The van der Waals surface area contributed by atoms with Gasteiger partial charge in [0, 0.05) is 22.9 Å². The van der Waals surface area contributed by atoms with Gasteiger partial charge in [0.25, 0.3) is 0 Å². The lowest BCUT2D eigenvalue weighted by Crippen LogP contribution is -2.26. The molecule has 1 atom stereocenters. The van der Waals surface area contributed by atoms with Crippen molar-refractivity contribution in [1.29, 1.82) is 0 Å². The van der Waals surface area contributed by atoms with Crippen molar-refractivity contribution in [2.75, 3.05) is 0 Å². The number of carbonyl (C=O) groups is 1. The topological polar surface area (TPSA) is 92.5 Å². The third kappa shape index (κ3) is 3.94. The van der Waals surface area contributed by atoms with E-state index in [1.165, 1.54) is 11.3 Å². The molecule has 0 saturated heterocycles. The van der Waals surface area contributed by atoms with Crippen LogP contribution in [0.15, 0.2) is 29.8 Å². The van der Waals surface area contributed by atoms with Gasteiger partial charge in [0.2, 0.25) is 0 Å². The summed E-state index contributed by atoms with van der Waals surface area (Å²) < 4.78 is 6.14. The van der Waals surface area contributed by atoms with Gasteiger partial charge in [0.1, 0.15) is 12.4 Å². The number of hydrogen-bond donors (Lipinski definition) is 2. The summed E-state index contributed by atoms with van der Waals surface area (Å²) in [5.41, 5.74) is 2.89. The van der Waals surface area contributed by atoms with E-state index in [2.05, 4.69) is 9.97 Å². The van der Waals surface area contributed by atoms with Gasteiger partial charge < -0.3 is 14.9 Å². The molecular formula is C18H18N2O4S. The zero-order valence-electron chi connectivity index (χ0n) is 13.9. The van der Waals surface area contributed by atoms with Crippen LogP contribution in [0.1, 0.15) is 22.6 Å². The van der Waals surface area contributed by atoms with Crippen molar-refractivity contribution in [3.8, 4) is 5.75 Å². The highest BCUT2D eigenvalue weighted by Crippen LogP contribution is 2.29. The van der Waals surface area contributed by atoms with Crippen LogP contribution in [0.5, 0.6) is 5.75 Å². The summed E-state index contributed by atoms with van der Waals surface area (Å²) in [6, 6.07) is 5.04. The molecule has 0 bridgehead atoms. The number of aliphatic hydroxyl groups is 1. The summed E-state index contributed by atoms with van der Waals surface area (Å²) >= 11 is 1.46. The monoisotopic (exact) mass is 358 g/mol. The van der Waals surface area contributed by atoms with Crippen molar-refractivity contribution in [2.24, 2.45) is 0 Å². The maximum absolute atomic E-state index is 12.1. The molecule has 0 aliphatic heterocycles. The van der Waals surface area contributed by atoms with Gasteiger partial charge in [-0.2, -0.15) is 0 Å². The highest BCUT2D eigenvalue weighted by molar-refractivity contribution is 7.17. The Kier molecular flexibility index (Phi) is 4.96. The van der Waals surface area contributed by atoms with E-state index in [1.54, 1.807) is 31.3 Å². The maximum Gasteiger partial charge on any atom is 0.335 e. The molecule has 6 nitrogen and oxygen atoms in total. The first-order valence-corrected chi connectivity index (χ1v) is 8.65. The zero-order valence-corrected chi connectivity index (χ0v) is 14.7. The van der Waals surface area contributed by atoms with Crippen molar-refractivity contribution >= 4 is 27.4 Å². The predicted molar refractivity (Wildman–Crippen MR) is 94.5 cm³/mol. The van der Waals surface area contributed by atoms with Crippen LogP contribution >= 0.6 is 11.3 Å². The molecule has 1 unspecified atom stereocenters. The number of fused-ring (bicyclic) bond motifs is 1. The number of phenolic OH excluding ortho intramolecular Hbond substituents is 1. The molecule has 25 heavy (non-hydrogen) atoms. The van der Waals surface area contributed by atoms with Crippen molar-refractivity contribution in [3.63, 3.8) is 0 Å². The highest BCUT2D eigenvalue weighted by Gasteiger charge is 2.20.